The summed E-state index contributed by atoms with van der Waals surface area (Å²) >= 11 is 0. The summed E-state index contributed by atoms with van der Waals surface area (Å²) in [5, 5.41) is 13.7. The van der Waals surface area contributed by atoms with Crippen LogP contribution in [0.5, 0.6) is 0 Å². The first kappa shape index (κ1) is 22.0. The first-order chi connectivity index (χ1) is 14.9. The molecule has 0 spiro atoms. The maximum absolute atomic E-state index is 13.2. The van der Waals surface area contributed by atoms with Gasteiger partial charge in [0.15, 0.2) is 0 Å². The first-order valence-electron chi connectivity index (χ1n) is 11.2. The third kappa shape index (κ3) is 4.84. The van der Waals surface area contributed by atoms with Crippen LogP contribution in [0.15, 0.2) is 30.5 Å². The predicted molar refractivity (Wildman–Crippen MR) is 128 cm³/mol. The molecular weight excluding hydrogens is 405 g/mol. The molecule has 0 radical (unpaired) electrons. The molecule has 2 aromatic rings. The van der Waals surface area contributed by atoms with Crippen LogP contribution in [0.25, 0.3) is 10.9 Å². The van der Waals surface area contributed by atoms with Gasteiger partial charge < -0.3 is 15.1 Å². The van der Waals surface area contributed by atoms with E-state index in [4.69, 9.17) is 0 Å². The molecule has 1 N–H and O–H groups in total. The van der Waals surface area contributed by atoms with Crippen LogP contribution in [0.1, 0.15) is 38.7 Å². The number of piperidine rings is 2. The normalized spacial score (nSPS) is 25.4. The van der Waals surface area contributed by atoms with Crippen LogP contribution < -0.4 is 10.2 Å². The molecule has 3 heterocycles. The summed E-state index contributed by atoms with van der Waals surface area (Å²) in [4.78, 5) is 22.4. The number of likely N-dealkylation sites (tertiary alicyclic amines) is 1. The zero-order chi connectivity index (χ0) is 22.0. The van der Waals surface area contributed by atoms with E-state index in [9.17, 15) is 10.1 Å². The maximum atomic E-state index is 13.2. The molecule has 1 amide bonds. The first-order valence-corrected chi connectivity index (χ1v) is 11.8. The van der Waals surface area contributed by atoms with Gasteiger partial charge in [0.05, 0.1) is 17.0 Å². The summed E-state index contributed by atoms with van der Waals surface area (Å²) in [6.07, 6.45) is 4.63. The smallest absolute Gasteiger partial charge is 0.225 e. The lowest BCUT2D eigenvalue weighted by atomic mass is 9.87. The molecule has 4 rings (SSSR count). The lowest BCUT2D eigenvalue weighted by Gasteiger charge is -2.44. The molecule has 1 aromatic carbocycles. The number of amides is 1. The van der Waals surface area contributed by atoms with Gasteiger partial charge in [-0.3, -0.25) is 9.78 Å². The van der Waals surface area contributed by atoms with Gasteiger partial charge in [-0.1, -0.05) is 13.8 Å². The summed E-state index contributed by atoms with van der Waals surface area (Å²) < 4.78 is 0. The summed E-state index contributed by atoms with van der Waals surface area (Å²) in [5.74, 6) is 0.104. The molecule has 0 bridgehead atoms. The van der Waals surface area contributed by atoms with E-state index < -0.39 is 0 Å². The second kappa shape index (κ2) is 9.10. The monoisotopic (exact) mass is 437 g/mol. The van der Waals surface area contributed by atoms with Crippen molar-refractivity contribution in [2.24, 2.45) is 5.92 Å². The van der Waals surface area contributed by atoms with Crippen LogP contribution in [-0.4, -0.2) is 59.7 Å². The van der Waals surface area contributed by atoms with Crippen molar-refractivity contribution < 1.29 is 4.79 Å². The SMILES string of the molecule is CCN1CCC(NC(=O)C2CN(c3ccc(C#N)c4ncccc34)CC(C)(P)C2)CC1. The fraction of sp³-hybridized carbons (Fsp3) is 0.542. The number of anilines is 1. The van der Waals surface area contributed by atoms with Crippen molar-refractivity contribution >= 4 is 31.7 Å². The van der Waals surface area contributed by atoms with Crippen molar-refractivity contribution in [1.29, 1.82) is 5.26 Å². The largest absolute Gasteiger partial charge is 0.369 e. The Balaban J connectivity index is 1.54. The van der Waals surface area contributed by atoms with Gasteiger partial charge in [-0.2, -0.15) is 5.26 Å². The average molecular weight is 438 g/mol. The number of nitrogens with zero attached hydrogens (tertiary/aromatic N) is 4. The molecule has 2 saturated heterocycles. The summed E-state index contributed by atoms with van der Waals surface area (Å²) in [5.41, 5.74) is 2.35. The van der Waals surface area contributed by atoms with Crippen molar-refractivity contribution in [3.05, 3.63) is 36.0 Å². The number of nitrogens with one attached hydrogen (secondary N) is 1. The number of benzene rings is 1. The van der Waals surface area contributed by atoms with E-state index in [1.807, 2.05) is 24.3 Å². The Bertz CT molecular complexity index is 993. The van der Waals surface area contributed by atoms with Crippen LogP contribution >= 0.6 is 9.24 Å². The number of aromatic nitrogens is 1. The number of fused-ring (bicyclic) bond motifs is 1. The highest BCUT2D eigenvalue weighted by molar-refractivity contribution is 7.19. The maximum Gasteiger partial charge on any atom is 0.225 e. The molecule has 1 aromatic heterocycles. The van der Waals surface area contributed by atoms with E-state index >= 15 is 0 Å². The molecule has 164 valence electrons. The second-order valence-electron chi connectivity index (χ2n) is 9.30. The third-order valence-corrected chi connectivity index (χ3v) is 7.08. The Hall–Kier alpha value is -2.22. The van der Waals surface area contributed by atoms with E-state index in [0.29, 0.717) is 12.1 Å². The molecule has 3 unspecified atom stereocenters. The summed E-state index contributed by atoms with van der Waals surface area (Å²) in [6.45, 7) is 9.11. The fourth-order valence-electron chi connectivity index (χ4n) is 5.05. The minimum Gasteiger partial charge on any atom is -0.369 e. The van der Waals surface area contributed by atoms with Crippen molar-refractivity contribution in [3.8, 4) is 6.07 Å². The lowest BCUT2D eigenvalue weighted by Crippen LogP contribution is -2.53. The Morgan fingerprint density at radius 1 is 1.35 bits per heavy atom. The number of carbonyl (C=O) groups is 1. The van der Waals surface area contributed by atoms with E-state index in [1.165, 1.54) is 0 Å². The van der Waals surface area contributed by atoms with Gasteiger partial charge in [0.25, 0.3) is 0 Å². The quantitative estimate of drug-likeness (QED) is 0.744. The van der Waals surface area contributed by atoms with Crippen molar-refractivity contribution in [2.45, 2.75) is 44.3 Å². The zero-order valence-corrected chi connectivity index (χ0v) is 19.6. The van der Waals surface area contributed by atoms with Crippen molar-refractivity contribution in [1.82, 2.24) is 15.2 Å². The highest BCUT2D eigenvalue weighted by Crippen LogP contribution is 2.38. The summed E-state index contributed by atoms with van der Waals surface area (Å²) in [6, 6.07) is 10.3. The topological polar surface area (TPSA) is 72.3 Å². The van der Waals surface area contributed by atoms with Gasteiger partial charge in [-0.15, -0.1) is 9.24 Å². The third-order valence-electron chi connectivity index (χ3n) is 6.67. The van der Waals surface area contributed by atoms with Crippen LogP contribution in [0.2, 0.25) is 0 Å². The molecule has 2 aliphatic heterocycles. The molecule has 31 heavy (non-hydrogen) atoms. The van der Waals surface area contributed by atoms with Gasteiger partial charge >= 0.3 is 0 Å². The van der Waals surface area contributed by atoms with E-state index in [0.717, 1.165) is 62.0 Å². The Labute approximate surface area is 187 Å². The van der Waals surface area contributed by atoms with E-state index in [1.54, 1.807) is 6.20 Å². The molecular formula is C24H32N5OP. The zero-order valence-electron chi connectivity index (χ0n) is 18.5. The minimum absolute atomic E-state index is 0.0612. The minimum atomic E-state index is -0.0668. The Morgan fingerprint density at radius 3 is 2.84 bits per heavy atom. The number of carbonyl (C=O) groups excluding carboxylic acids is 1. The number of rotatable bonds is 4. The average Bonchev–Trinajstić information content (AvgIpc) is 2.77. The molecule has 0 aliphatic carbocycles. The molecule has 3 atom stereocenters. The number of hydrogen-bond acceptors (Lipinski definition) is 5. The Kier molecular flexibility index (Phi) is 6.46. The molecule has 7 heteroatoms. The Morgan fingerprint density at radius 2 is 2.13 bits per heavy atom. The highest BCUT2D eigenvalue weighted by Gasteiger charge is 2.37. The molecule has 2 fully saturated rings. The van der Waals surface area contributed by atoms with E-state index in [2.05, 4.69) is 49.3 Å². The van der Waals surface area contributed by atoms with Crippen LogP contribution in [0.3, 0.4) is 0 Å². The number of nitriles is 1. The van der Waals surface area contributed by atoms with Crippen LogP contribution in [0.4, 0.5) is 5.69 Å². The standard InChI is InChI=1S/C24H32N5OP/c1-3-28-11-8-19(9-12-28)27-23(30)18-13-24(2,31)16-29(15-18)21-7-6-17(14-25)22-20(21)5-4-10-26-22/h4-7,10,18-19H,3,8-9,11-13,15-16,31H2,1-2H3,(H,27,30). The fourth-order valence-corrected chi connectivity index (χ4v) is 5.56. The van der Waals surface area contributed by atoms with Gasteiger partial charge in [0.1, 0.15) is 6.07 Å². The van der Waals surface area contributed by atoms with Gasteiger partial charge in [0, 0.05) is 54.6 Å². The lowest BCUT2D eigenvalue weighted by molar-refractivity contribution is -0.126. The molecule has 6 nitrogen and oxygen atoms in total. The molecule has 2 aliphatic rings. The summed E-state index contributed by atoms with van der Waals surface area (Å²) in [7, 11) is 2.97. The van der Waals surface area contributed by atoms with Gasteiger partial charge in [0.2, 0.25) is 5.91 Å². The number of pyridine rings is 1. The molecule has 0 saturated carbocycles. The van der Waals surface area contributed by atoms with Crippen LogP contribution in [-0.2, 0) is 4.79 Å². The predicted octanol–water partition coefficient (Wildman–Crippen LogP) is 3.17. The van der Waals surface area contributed by atoms with Crippen molar-refractivity contribution in [2.75, 3.05) is 37.6 Å². The highest BCUT2D eigenvalue weighted by atomic mass is 31.0. The van der Waals surface area contributed by atoms with Crippen LogP contribution in [0, 0.1) is 17.2 Å². The van der Waals surface area contributed by atoms with Gasteiger partial charge in [-0.25, -0.2) is 0 Å². The van der Waals surface area contributed by atoms with Crippen molar-refractivity contribution in [3.63, 3.8) is 0 Å². The number of hydrogen-bond donors (Lipinski definition) is 1. The van der Waals surface area contributed by atoms with Gasteiger partial charge in [-0.05, 0) is 50.1 Å². The second-order valence-corrected chi connectivity index (χ2v) is 10.7. The van der Waals surface area contributed by atoms with E-state index in [-0.39, 0.29) is 23.0 Å².